The van der Waals surface area contributed by atoms with Crippen molar-refractivity contribution in [3.63, 3.8) is 0 Å². The monoisotopic (exact) mass is 341 g/mol. The van der Waals surface area contributed by atoms with Gasteiger partial charge in [0.1, 0.15) is 5.52 Å². The van der Waals surface area contributed by atoms with Crippen LogP contribution in [0, 0.1) is 0 Å². The Hall–Kier alpha value is -2.67. The van der Waals surface area contributed by atoms with Crippen molar-refractivity contribution in [2.75, 3.05) is 5.32 Å². The molecule has 7 nitrogen and oxygen atoms in total. The zero-order valence-electron chi connectivity index (χ0n) is 13.1. The average molecular weight is 342 g/mol. The van der Waals surface area contributed by atoms with Crippen LogP contribution in [0.15, 0.2) is 30.6 Å². The number of pyridine rings is 2. The van der Waals surface area contributed by atoms with Gasteiger partial charge in [-0.05, 0) is 24.6 Å². The van der Waals surface area contributed by atoms with Crippen LogP contribution in [0.5, 0.6) is 0 Å². The number of unbranched alkanes of at least 4 members (excludes halogenated alkanes) is 1. The van der Waals surface area contributed by atoms with Crippen LogP contribution in [0.4, 0.5) is 11.5 Å². The predicted molar refractivity (Wildman–Crippen MR) is 94.6 cm³/mol. The van der Waals surface area contributed by atoms with Crippen LogP contribution in [0.2, 0.25) is 5.15 Å². The molecule has 0 aliphatic heterocycles. The molecule has 4 aromatic rings. The molecule has 0 spiro atoms. The SMILES string of the molecule is CCCCn1nc(Cl)c2cc(Nc3n[nH]c4cccnc34)cnc21. The summed E-state index contributed by atoms with van der Waals surface area (Å²) in [6.07, 6.45) is 5.63. The van der Waals surface area contributed by atoms with Gasteiger partial charge in [0.25, 0.3) is 0 Å². The molecule has 4 heterocycles. The van der Waals surface area contributed by atoms with E-state index in [4.69, 9.17) is 11.6 Å². The summed E-state index contributed by atoms with van der Waals surface area (Å²) in [5, 5.41) is 16.1. The van der Waals surface area contributed by atoms with Crippen molar-refractivity contribution in [3.8, 4) is 0 Å². The van der Waals surface area contributed by atoms with E-state index in [1.54, 1.807) is 12.4 Å². The van der Waals surface area contributed by atoms with Crippen LogP contribution < -0.4 is 5.32 Å². The van der Waals surface area contributed by atoms with Gasteiger partial charge in [-0.1, -0.05) is 24.9 Å². The Morgan fingerprint density at radius 1 is 1.33 bits per heavy atom. The Morgan fingerprint density at radius 2 is 2.25 bits per heavy atom. The molecule has 122 valence electrons. The van der Waals surface area contributed by atoms with Gasteiger partial charge >= 0.3 is 0 Å². The highest BCUT2D eigenvalue weighted by molar-refractivity contribution is 6.34. The summed E-state index contributed by atoms with van der Waals surface area (Å²) in [6.45, 7) is 2.96. The number of hydrogen-bond acceptors (Lipinski definition) is 5. The lowest BCUT2D eigenvalue weighted by Gasteiger charge is -2.04. The fourth-order valence-corrected chi connectivity index (χ4v) is 2.86. The Labute approximate surface area is 143 Å². The fourth-order valence-electron chi connectivity index (χ4n) is 2.63. The molecule has 0 atom stereocenters. The molecular formula is C16H16ClN7. The third-order valence-electron chi connectivity index (χ3n) is 3.85. The number of H-pyrrole nitrogens is 1. The van der Waals surface area contributed by atoms with Gasteiger partial charge in [-0.2, -0.15) is 10.2 Å². The minimum Gasteiger partial charge on any atom is -0.336 e. The standard InChI is InChI=1S/C16H16ClN7/c1-2-3-7-24-16-11(14(17)23-24)8-10(9-19-16)20-15-13-12(21-22-15)5-4-6-18-13/h4-6,8-9H,2-3,7H2,1H3,(H2,20,21,22). The number of nitrogens with zero attached hydrogens (tertiary/aromatic N) is 5. The lowest BCUT2D eigenvalue weighted by molar-refractivity contribution is 0.584. The summed E-state index contributed by atoms with van der Waals surface area (Å²) in [7, 11) is 0. The summed E-state index contributed by atoms with van der Waals surface area (Å²) in [5.74, 6) is 0.654. The Kier molecular flexibility index (Phi) is 3.78. The summed E-state index contributed by atoms with van der Waals surface area (Å²) < 4.78 is 1.86. The number of rotatable bonds is 5. The largest absolute Gasteiger partial charge is 0.336 e. The Bertz CT molecular complexity index is 1000. The molecule has 2 N–H and O–H groups in total. The minimum absolute atomic E-state index is 0.460. The zero-order chi connectivity index (χ0) is 16.5. The topological polar surface area (TPSA) is 84.3 Å². The van der Waals surface area contributed by atoms with Crippen LogP contribution in [-0.2, 0) is 6.54 Å². The normalized spacial score (nSPS) is 11.4. The highest BCUT2D eigenvalue weighted by atomic mass is 35.5. The van der Waals surface area contributed by atoms with E-state index in [9.17, 15) is 0 Å². The van der Waals surface area contributed by atoms with Gasteiger partial charge in [0.15, 0.2) is 16.6 Å². The van der Waals surface area contributed by atoms with Gasteiger partial charge in [0.2, 0.25) is 0 Å². The summed E-state index contributed by atoms with van der Waals surface area (Å²) >= 11 is 6.27. The van der Waals surface area contributed by atoms with Crippen LogP contribution in [0.1, 0.15) is 19.8 Å². The molecule has 8 heteroatoms. The Balaban J connectivity index is 1.69. The predicted octanol–water partition coefficient (Wildman–Crippen LogP) is 3.90. The summed E-state index contributed by atoms with van der Waals surface area (Å²) in [4.78, 5) is 8.85. The van der Waals surface area contributed by atoms with Crippen molar-refractivity contribution >= 4 is 45.2 Å². The maximum Gasteiger partial charge on any atom is 0.178 e. The highest BCUT2D eigenvalue weighted by Gasteiger charge is 2.12. The van der Waals surface area contributed by atoms with Gasteiger partial charge < -0.3 is 5.32 Å². The van der Waals surface area contributed by atoms with E-state index in [0.29, 0.717) is 11.0 Å². The average Bonchev–Trinajstić information content (AvgIpc) is 3.15. The van der Waals surface area contributed by atoms with E-state index >= 15 is 0 Å². The van der Waals surface area contributed by atoms with Crippen molar-refractivity contribution in [1.29, 1.82) is 0 Å². The van der Waals surface area contributed by atoms with Crippen LogP contribution >= 0.6 is 11.6 Å². The molecule has 0 radical (unpaired) electrons. The van der Waals surface area contributed by atoms with Crippen molar-refractivity contribution in [2.45, 2.75) is 26.3 Å². The first-order chi connectivity index (χ1) is 11.8. The quantitative estimate of drug-likeness (QED) is 0.575. The molecule has 0 bridgehead atoms. The molecule has 24 heavy (non-hydrogen) atoms. The fraction of sp³-hybridized carbons (Fsp3) is 0.250. The van der Waals surface area contributed by atoms with Crippen LogP contribution in [-0.4, -0.2) is 29.9 Å². The first kappa shape index (κ1) is 14.9. The van der Waals surface area contributed by atoms with Gasteiger partial charge in [-0.3, -0.25) is 10.1 Å². The Morgan fingerprint density at radius 3 is 3.12 bits per heavy atom. The number of halogens is 1. The van der Waals surface area contributed by atoms with Gasteiger partial charge in [0.05, 0.1) is 22.8 Å². The third kappa shape index (κ3) is 2.56. The molecular weight excluding hydrogens is 326 g/mol. The van der Waals surface area contributed by atoms with E-state index in [2.05, 4.69) is 37.5 Å². The molecule has 0 amide bonds. The van der Waals surface area contributed by atoms with E-state index in [0.717, 1.165) is 47.1 Å². The number of aromatic nitrogens is 6. The van der Waals surface area contributed by atoms with Crippen LogP contribution in [0.3, 0.4) is 0 Å². The first-order valence-electron chi connectivity index (χ1n) is 7.84. The van der Waals surface area contributed by atoms with Crippen molar-refractivity contribution in [2.24, 2.45) is 0 Å². The second-order valence-electron chi connectivity index (χ2n) is 5.56. The molecule has 4 aromatic heterocycles. The summed E-state index contributed by atoms with van der Waals surface area (Å²) in [6, 6.07) is 5.72. The first-order valence-corrected chi connectivity index (χ1v) is 8.22. The highest BCUT2D eigenvalue weighted by Crippen LogP contribution is 2.27. The van der Waals surface area contributed by atoms with E-state index < -0.39 is 0 Å². The smallest absolute Gasteiger partial charge is 0.178 e. The number of hydrogen-bond donors (Lipinski definition) is 2. The number of aryl methyl sites for hydroxylation is 1. The van der Waals surface area contributed by atoms with Gasteiger partial charge in [-0.25, -0.2) is 9.67 Å². The van der Waals surface area contributed by atoms with Crippen molar-refractivity contribution in [3.05, 3.63) is 35.7 Å². The molecule has 0 saturated heterocycles. The maximum absolute atomic E-state index is 6.27. The lowest BCUT2D eigenvalue weighted by Crippen LogP contribution is -2.01. The summed E-state index contributed by atoms with van der Waals surface area (Å²) in [5.41, 5.74) is 3.24. The number of aromatic amines is 1. The third-order valence-corrected chi connectivity index (χ3v) is 4.13. The molecule has 0 aromatic carbocycles. The second kappa shape index (κ2) is 6.09. The molecule has 0 saturated carbocycles. The van der Waals surface area contributed by atoms with Gasteiger partial charge in [-0.15, -0.1) is 0 Å². The van der Waals surface area contributed by atoms with Crippen molar-refractivity contribution in [1.82, 2.24) is 29.9 Å². The molecule has 0 aliphatic carbocycles. The molecule has 0 fully saturated rings. The minimum atomic E-state index is 0.460. The van der Waals surface area contributed by atoms with E-state index in [1.165, 1.54) is 0 Å². The molecule has 4 rings (SSSR count). The zero-order valence-corrected chi connectivity index (χ0v) is 13.9. The van der Waals surface area contributed by atoms with Crippen LogP contribution in [0.25, 0.3) is 22.1 Å². The van der Waals surface area contributed by atoms with E-state index in [-0.39, 0.29) is 0 Å². The van der Waals surface area contributed by atoms with E-state index in [1.807, 2.05) is 22.9 Å². The number of anilines is 2. The lowest BCUT2D eigenvalue weighted by atomic mass is 10.3. The van der Waals surface area contributed by atoms with Gasteiger partial charge in [0, 0.05) is 12.7 Å². The second-order valence-corrected chi connectivity index (χ2v) is 5.92. The number of nitrogens with one attached hydrogen (secondary N) is 2. The van der Waals surface area contributed by atoms with Crippen molar-refractivity contribution < 1.29 is 0 Å². The number of fused-ring (bicyclic) bond motifs is 2. The molecule has 0 unspecified atom stereocenters. The molecule has 0 aliphatic rings. The maximum atomic E-state index is 6.27.